The maximum absolute atomic E-state index is 13.1. The molecule has 0 unspecified atom stereocenters. The van der Waals surface area contributed by atoms with Gasteiger partial charge in [0.1, 0.15) is 4.90 Å². The molecule has 23 heavy (non-hydrogen) atoms. The van der Waals surface area contributed by atoms with Crippen molar-refractivity contribution in [2.75, 3.05) is 0 Å². The van der Waals surface area contributed by atoms with Crippen molar-refractivity contribution in [3.8, 4) is 0 Å². The molecule has 0 saturated carbocycles. The van der Waals surface area contributed by atoms with E-state index in [1.165, 1.54) is 5.56 Å². The summed E-state index contributed by atoms with van der Waals surface area (Å²) < 4.78 is 27.8. The second kappa shape index (κ2) is 5.16. The van der Waals surface area contributed by atoms with Gasteiger partial charge in [0.05, 0.1) is 10.6 Å². The molecule has 5 nitrogen and oxygen atoms in total. The molecular formula is C17H17N3O2S. The third-order valence-electron chi connectivity index (χ3n) is 4.32. The molecule has 0 fully saturated rings. The molecule has 0 saturated heterocycles. The molecule has 2 heterocycles. The molecule has 0 spiro atoms. The van der Waals surface area contributed by atoms with Crippen LogP contribution in [0.2, 0.25) is 0 Å². The molecule has 0 radical (unpaired) electrons. The van der Waals surface area contributed by atoms with E-state index in [2.05, 4.69) is 10.1 Å². The van der Waals surface area contributed by atoms with E-state index in [1.807, 2.05) is 13.1 Å². The molecule has 6 heteroatoms. The molecule has 0 atom stereocenters. The summed E-state index contributed by atoms with van der Waals surface area (Å²) in [5.74, 6) is 0. The van der Waals surface area contributed by atoms with Crippen LogP contribution in [0.3, 0.4) is 0 Å². The monoisotopic (exact) mass is 327 g/mol. The van der Waals surface area contributed by atoms with Crippen molar-refractivity contribution in [3.05, 3.63) is 53.5 Å². The maximum atomic E-state index is 13.1. The maximum Gasteiger partial charge on any atom is 0.212 e. The molecule has 4 rings (SSSR count). The minimum absolute atomic E-state index is 0.251. The minimum Gasteiger partial charge on any atom is -0.232 e. The van der Waals surface area contributed by atoms with Crippen LogP contribution in [-0.2, 0) is 29.1 Å². The lowest BCUT2D eigenvalue weighted by atomic mass is 10.3. The normalized spacial score (nSPS) is 14.3. The highest BCUT2D eigenvalue weighted by Gasteiger charge is 2.28. The van der Waals surface area contributed by atoms with Crippen LogP contribution in [0, 0.1) is 0 Å². The fraction of sp³-hybridized carbons (Fsp3) is 0.294. The molecule has 1 aliphatic rings. The van der Waals surface area contributed by atoms with E-state index in [0.717, 1.165) is 25.0 Å². The summed E-state index contributed by atoms with van der Waals surface area (Å²) in [5, 5.41) is 4.48. The molecule has 118 valence electrons. The van der Waals surface area contributed by atoms with E-state index >= 15 is 0 Å². The van der Waals surface area contributed by atoms with Crippen LogP contribution in [-0.4, -0.2) is 23.0 Å². The van der Waals surface area contributed by atoms with Crippen molar-refractivity contribution >= 4 is 15.5 Å². The lowest BCUT2D eigenvalue weighted by molar-refractivity contribution is 0.595. The van der Waals surface area contributed by atoms with E-state index in [-0.39, 0.29) is 9.79 Å². The van der Waals surface area contributed by atoms with Crippen molar-refractivity contribution in [2.45, 2.75) is 42.4 Å². The first-order chi connectivity index (χ1) is 11.1. The molecule has 3 aromatic rings. The van der Waals surface area contributed by atoms with Gasteiger partial charge in [-0.05, 0) is 43.4 Å². The fourth-order valence-electron chi connectivity index (χ4n) is 3.17. The van der Waals surface area contributed by atoms with Crippen LogP contribution in [0.1, 0.15) is 30.3 Å². The second-order valence-corrected chi connectivity index (χ2v) is 7.67. The first-order valence-electron chi connectivity index (χ1n) is 7.81. The Morgan fingerprint density at radius 3 is 2.70 bits per heavy atom. The van der Waals surface area contributed by atoms with Crippen molar-refractivity contribution in [1.82, 2.24) is 14.6 Å². The van der Waals surface area contributed by atoms with Crippen molar-refractivity contribution in [2.24, 2.45) is 0 Å². The Kier molecular flexibility index (Phi) is 3.23. The van der Waals surface area contributed by atoms with E-state index in [0.29, 0.717) is 17.8 Å². The second-order valence-electron chi connectivity index (χ2n) is 5.78. The predicted molar refractivity (Wildman–Crippen MR) is 86.3 cm³/mol. The van der Waals surface area contributed by atoms with E-state index in [1.54, 1.807) is 34.8 Å². The van der Waals surface area contributed by atoms with Gasteiger partial charge in [-0.25, -0.2) is 17.9 Å². The first-order valence-corrected chi connectivity index (χ1v) is 9.29. The number of nitrogens with zero attached hydrogens (tertiary/aromatic N) is 3. The Hall–Kier alpha value is -2.21. The Morgan fingerprint density at radius 2 is 1.96 bits per heavy atom. The SMILES string of the molecule is CCc1nn2cc3c(nc2c1S(=O)(=O)c1ccccc1)CCC3. The van der Waals surface area contributed by atoms with Crippen molar-refractivity contribution < 1.29 is 8.42 Å². The Balaban J connectivity index is 2.02. The minimum atomic E-state index is -3.63. The summed E-state index contributed by atoms with van der Waals surface area (Å²) in [6.07, 6.45) is 5.45. The molecular weight excluding hydrogens is 310 g/mol. The highest BCUT2D eigenvalue weighted by Crippen LogP contribution is 2.30. The number of benzene rings is 1. The fourth-order valence-corrected chi connectivity index (χ4v) is 4.79. The Morgan fingerprint density at radius 1 is 1.17 bits per heavy atom. The standard InChI is InChI=1S/C17H17N3O2S/c1-2-14-16(23(21,22)13-8-4-3-5-9-13)17-18-15-10-6-7-12(15)11-20(17)19-14/h3-5,8-9,11H,2,6-7,10H2,1H3. The zero-order chi connectivity index (χ0) is 16.0. The van der Waals surface area contributed by atoms with Crippen LogP contribution < -0.4 is 0 Å². The predicted octanol–water partition coefficient (Wildman–Crippen LogP) is 2.61. The van der Waals surface area contributed by atoms with E-state index in [4.69, 9.17) is 0 Å². The van der Waals surface area contributed by atoms with Gasteiger partial charge < -0.3 is 0 Å². The van der Waals surface area contributed by atoms with Gasteiger partial charge >= 0.3 is 0 Å². The van der Waals surface area contributed by atoms with Gasteiger partial charge in [-0.1, -0.05) is 25.1 Å². The van der Waals surface area contributed by atoms with Crippen LogP contribution in [0.15, 0.2) is 46.3 Å². The third kappa shape index (κ3) is 2.16. The van der Waals surface area contributed by atoms with Gasteiger partial charge in [0.15, 0.2) is 5.65 Å². The lowest BCUT2D eigenvalue weighted by Crippen LogP contribution is -2.05. The number of hydrogen-bond donors (Lipinski definition) is 0. The molecule has 0 amide bonds. The quantitative estimate of drug-likeness (QED) is 0.742. The molecule has 0 bridgehead atoms. The molecule has 1 aliphatic carbocycles. The summed E-state index contributed by atoms with van der Waals surface area (Å²) in [5.41, 5.74) is 3.20. The average molecular weight is 327 g/mol. The van der Waals surface area contributed by atoms with Crippen LogP contribution in [0.4, 0.5) is 0 Å². The van der Waals surface area contributed by atoms with Gasteiger partial charge in [-0.3, -0.25) is 0 Å². The number of fused-ring (bicyclic) bond motifs is 2. The van der Waals surface area contributed by atoms with Crippen LogP contribution >= 0.6 is 0 Å². The van der Waals surface area contributed by atoms with Gasteiger partial charge in [-0.2, -0.15) is 5.10 Å². The highest BCUT2D eigenvalue weighted by atomic mass is 32.2. The number of sulfone groups is 1. The highest BCUT2D eigenvalue weighted by molar-refractivity contribution is 7.91. The van der Waals surface area contributed by atoms with Crippen molar-refractivity contribution in [1.29, 1.82) is 0 Å². The Bertz CT molecular complexity index is 992. The van der Waals surface area contributed by atoms with Crippen LogP contribution in [0.25, 0.3) is 5.65 Å². The summed E-state index contributed by atoms with van der Waals surface area (Å²) in [6, 6.07) is 8.50. The molecule has 1 aromatic carbocycles. The molecule has 0 N–H and O–H groups in total. The van der Waals surface area contributed by atoms with Gasteiger partial charge in [0, 0.05) is 11.9 Å². The number of rotatable bonds is 3. The van der Waals surface area contributed by atoms with Crippen LogP contribution in [0.5, 0.6) is 0 Å². The van der Waals surface area contributed by atoms with Gasteiger partial charge in [0.25, 0.3) is 0 Å². The first kappa shape index (κ1) is 14.4. The van der Waals surface area contributed by atoms with Crippen molar-refractivity contribution in [3.63, 3.8) is 0 Å². The number of hydrogen-bond acceptors (Lipinski definition) is 4. The molecule has 0 aliphatic heterocycles. The zero-order valence-electron chi connectivity index (χ0n) is 12.9. The van der Waals surface area contributed by atoms with Gasteiger partial charge in [0.2, 0.25) is 9.84 Å². The average Bonchev–Trinajstić information content (AvgIpc) is 3.16. The number of aromatic nitrogens is 3. The zero-order valence-corrected chi connectivity index (χ0v) is 13.7. The summed E-state index contributed by atoms with van der Waals surface area (Å²) in [7, 11) is -3.63. The summed E-state index contributed by atoms with van der Waals surface area (Å²) in [4.78, 5) is 5.17. The van der Waals surface area contributed by atoms with E-state index in [9.17, 15) is 8.42 Å². The summed E-state index contributed by atoms with van der Waals surface area (Å²) in [6.45, 7) is 1.92. The Labute approximate surface area is 134 Å². The smallest absolute Gasteiger partial charge is 0.212 e. The lowest BCUT2D eigenvalue weighted by Gasteiger charge is -2.05. The van der Waals surface area contributed by atoms with E-state index < -0.39 is 9.84 Å². The van der Waals surface area contributed by atoms with Gasteiger partial charge in [-0.15, -0.1) is 0 Å². The topological polar surface area (TPSA) is 64.3 Å². The number of aryl methyl sites for hydroxylation is 3. The largest absolute Gasteiger partial charge is 0.232 e. The molecule has 2 aromatic heterocycles. The summed E-state index contributed by atoms with van der Waals surface area (Å²) >= 11 is 0. The third-order valence-corrected chi connectivity index (χ3v) is 6.17.